The van der Waals surface area contributed by atoms with Gasteiger partial charge in [0.2, 0.25) is 0 Å². The Morgan fingerprint density at radius 1 is 1.00 bits per heavy atom. The first-order chi connectivity index (χ1) is 22.4. The number of ether oxygens (including phenoxy) is 1. The van der Waals surface area contributed by atoms with Crippen molar-refractivity contribution in [2.45, 2.75) is 39.3 Å². The van der Waals surface area contributed by atoms with E-state index in [1.54, 1.807) is 24.8 Å². The third kappa shape index (κ3) is 6.40. The smallest absolute Gasteiger partial charge is 0.159 e. The number of aromatic nitrogens is 7. The van der Waals surface area contributed by atoms with Crippen molar-refractivity contribution in [2.24, 2.45) is 5.92 Å². The summed E-state index contributed by atoms with van der Waals surface area (Å²) < 4.78 is 20.7. The second-order valence-corrected chi connectivity index (χ2v) is 12.2. The number of halogens is 1. The molecule has 0 saturated carbocycles. The van der Waals surface area contributed by atoms with E-state index in [9.17, 15) is 9.50 Å². The maximum Gasteiger partial charge on any atom is 0.159 e. The molecule has 46 heavy (non-hydrogen) atoms. The van der Waals surface area contributed by atoms with Gasteiger partial charge in [-0.2, -0.15) is 5.10 Å². The van der Waals surface area contributed by atoms with Crippen molar-refractivity contribution in [3.05, 3.63) is 67.0 Å². The fourth-order valence-corrected chi connectivity index (χ4v) is 5.96. The van der Waals surface area contributed by atoms with Crippen LogP contribution in [0.5, 0.6) is 5.75 Å². The van der Waals surface area contributed by atoms with Crippen LogP contribution in [0.25, 0.3) is 56.0 Å². The number of aromatic amines is 2. The summed E-state index contributed by atoms with van der Waals surface area (Å²) in [5.74, 6) is 0.940. The predicted octanol–water partition coefficient (Wildman–Crippen LogP) is 6.02. The number of anilines is 1. The first-order valence-electron chi connectivity index (χ1n) is 15.6. The SMILES string of the molecule is CC(C)CC(O)Nc1cncc(-c2cnc3[nH]nc(-c4nc5c(-c6cc(F)cc(OCCN7CCCC7)c6)nccc5[nH]4)c3c2)c1. The minimum absolute atomic E-state index is 0.352. The Bertz CT molecular complexity index is 1980. The highest BCUT2D eigenvalue weighted by Gasteiger charge is 2.19. The lowest BCUT2D eigenvalue weighted by Gasteiger charge is -2.16. The number of hydrogen-bond donors (Lipinski definition) is 4. The molecule has 6 aromatic rings. The Morgan fingerprint density at radius 2 is 1.85 bits per heavy atom. The molecule has 5 aromatic heterocycles. The van der Waals surface area contributed by atoms with E-state index in [-0.39, 0.29) is 0 Å². The van der Waals surface area contributed by atoms with Crippen LogP contribution in [0, 0.1) is 11.7 Å². The fraction of sp³-hybridized carbons (Fsp3) is 0.324. The fourth-order valence-electron chi connectivity index (χ4n) is 5.96. The zero-order valence-corrected chi connectivity index (χ0v) is 25.8. The summed E-state index contributed by atoms with van der Waals surface area (Å²) in [5, 5.41) is 21.8. The molecule has 1 unspecified atom stereocenters. The first-order valence-corrected chi connectivity index (χ1v) is 15.6. The average molecular weight is 622 g/mol. The van der Waals surface area contributed by atoms with E-state index in [1.807, 2.05) is 24.3 Å². The lowest BCUT2D eigenvalue weighted by Crippen LogP contribution is -2.25. The number of rotatable bonds is 11. The van der Waals surface area contributed by atoms with Crippen LogP contribution in [0.1, 0.15) is 33.1 Å². The molecule has 0 bridgehead atoms. The molecule has 236 valence electrons. The second kappa shape index (κ2) is 12.8. The largest absolute Gasteiger partial charge is 0.492 e. The summed E-state index contributed by atoms with van der Waals surface area (Å²) in [6.45, 7) is 7.60. The van der Waals surface area contributed by atoms with Crippen molar-refractivity contribution >= 4 is 27.8 Å². The van der Waals surface area contributed by atoms with E-state index in [2.05, 4.69) is 54.2 Å². The molecule has 1 aromatic carbocycles. The molecule has 1 atom stereocenters. The van der Waals surface area contributed by atoms with Crippen molar-refractivity contribution in [1.82, 2.24) is 40.0 Å². The van der Waals surface area contributed by atoms with Crippen molar-refractivity contribution in [3.63, 3.8) is 0 Å². The van der Waals surface area contributed by atoms with Gasteiger partial charge < -0.3 is 20.1 Å². The molecule has 1 aliphatic rings. The van der Waals surface area contributed by atoms with E-state index >= 15 is 0 Å². The van der Waals surface area contributed by atoms with Crippen molar-refractivity contribution in [2.75, 3.05) is 31.6 Å². The monoisotopic (exact) mass is 621 g/mol. The zero-order valence-electron chi connectivity index (χ0n) is 25.8. The van der Waals surface area contributed by atoms with Gasteiger partial charge in [0.05, 0.1) is 28.5 Å². The van der Waals surface area contributed by atoms with Crippen molar-refractivity contribution in [3.8, 4) is 39.7 Å². The Labute approximate surface area is 265 Å². The molecular weight excluding hydrogens is 585 g/mol. The van der Waals surface area contributed by atoms with Gasteiger partial charge in [-0.25, -0.2) is 14.4 Å². The number of fused-ring (bicyclic) bond motifs is 2. The number of nitrogens with zero attached hydrogens (tertiary/aromatic N) is 6. The predicted molar refractivity (Wildman–Crippen MR) is 176 cm³/mol. The number of likely N-dealkylation sites (tertiary alicyclic amines) is 1. The number of hydrogen-bond acceptors (Lipinski definition) is 9. The van der Waals surface area contributed by atoms with Gasteiger partial charge in [0.15, 0.2) is 11.5 Å². The lowest BCUT2D eigenvalue weighted by molar-refractivity contribution is 0.176. The van der Waals surface area contributed by atoms with Crippen LogP contribution in [0.4, 0.5) is 10.1 Å². The van der Waals surface area contributed by atoms with E-state index < -0.39 is 12.0 Å². The van der Waals surface area contributed by atoms with Crippen LogP contribution in [-0.4, -0.2) is 77.6 Å². The van der Waals surface area contributed by atoms with Gasteiger partial charge in [0.1, 0.15) is 35.6 Å². The molecule has 0 spiro atoms. The number of benzene rings is 1. The number of aliphatic hydroxyl groups excluding tert-OH is 1. The Kier molecular flexibility index (Phi) is 8.29. The summed E-state index contributed by atoms with van der Waals surface area (Å²) in [7, 11) is 0. The summed E-state index contributed by atoms with van der Waals surface area (Å²) in [4.78, 5) is 24.1. The summed E-state index contributed by atoms with van der Waals surface area (Å²) in [6.07, 6.45) is 9.25. The van der Waals surface area contributed by atoms with Gasteiger partial charge in [0, 0.05) is 47.9 Å². The Balaban J connectivity index is 1.18. The van der Waals surface area contributed by atoms with Gasteiger partial charge in [-0.05, 0) is 68.6 Å². The molecule has 11 nitrogen and oxygen atoms in total. The molecule has 12 heteroatoms. The van der Waals surface area contributed by atoms with Gasteiger partial charge >= 0.3 is 0 Å². The van der Waals surface area contributed by atoms with Crippen LogP contribution in [0.15, 0.2) is 61.2 Å². The lowest BCUT2D eigenvalue weighted by atomic mass is 10.1. The first kappa shape index (κ1) is 29.8. The normalized spacial score (nSPS) is 14.5. The molecule has 1 aliphatic heterocycles. The molecule has 1 saturated heterocycles. The van der Waals surface area contributed by atoms with Gasteiger partial charge in [0.25, 0.3) is 0 Å². The highest BCUT2D eigenvalue weighted by molar-refractivity contribution is 5.96. The molecule has 0 radical (unpaired) electrons. The van der Waals surface area contributed by atoms with Crippen LogP contribution in [-0.2, 0) is 0 Å². The topological polar surface area (TPSA) is 141 Å². The standard InChI is InChI=1S/C34H36FN9O2/c1-20(2)11-29(45)39-25-13-22(17-36-19-25)23-15-27-31(42-43-33(27)38-18-23)34-40-28-5-6-37-30(32(28)41-34)21-12-24(35)16-26(14-21)46-10-9-44-7-3-4-8-44/h5-6,12-20,29,39,45H,3-4,7-11H2,1-2H3,(H,40,41)(H,38,42,43). The van der Waals surface area contributed by atoms with Crippen LogP contribution >= 0.6 is 0 Å². The molecule has 0 aliphatic carbocycles. The number of pyridine rings is 3. The van der Waals surface area contributed by atoms with Gasteiger partial charge in [-0.3, -0.25) is 20.0 Å². The minimum Gasteiger partial charge on any atom is -0.492 e. The van der Waals surface area contributed by atoms with Gasteiger partial charge in [-0.15, -0.1) is 0 Å². The van der Waals surface area contributed by atoms with E-state index in [0.717, 1.165) is 41.7 Å². The van der Waals surface area contributed by atoms with Crippen LogP contribution in [0.2, 0.25) is 0 Å². The molecule has 6 heterocycles. The summed E-state index contributed by atoms with van der Waals surface area (Å²) in [6, 6.07) is 10.4. The van der Waals surface area contributed by atoms with E-state index in [0.29, 0.717) is 64.3 Å². The maximum absolute atomic E-state index is 14.8. The highest BCUT2D eigenvalue weighted by atomic mass is 19.1. The molecule has 0 amide bonds. The zero-order chi connectivity index (χ0) is 31.6. The molecule has 1 fully saturated rings. The third-order valence-corrected chi connectivity index (χ3v) is 8.16. The van der Waals surface area contributed by atoms with Crippen LogP contribution < -0.4 is 10.1 Å². The van der Waals surface area contributed by atoms with Crippen molar-refractivity contribution in [1.29, 1.82) is 0 Å². The Morgan fingerprint density at radius 3 is 2.70 bits per heavy atom. The third-order valence-electron chi connectivity index (χ3n) is 8.16. The minimum atomic E-state index is -0.670. The Hall–Kier alpha value is -4.94. The summed E-state index contributed by atoms with van der Waals surface area (Å²) >= 11 is 0. The molecule has 7 rings (SSSR count). The number of nitrogens with one attached hydrogen (secondary N) is 3. The maximum atomic E-state index is 14.8. The summed E-state index contributed by atoms with van der Waals surface area (Å²) in [5.41, 5.74) is 6.03. The molecule has 4 N–H and O–H groups in total. The van der Waals surface area contributed by atoms with E-state index in [4.69, 9.17) is 9.72 Å². The second-order valence-electron chi connectivity index (χ2n) is 12.2. The number of aliphatic hydroxyl groups is 1. The highest BCUT2D eigenvalue weighted by Crippen LogP contribution is 2.33. The number of imidazole rings is 1. The average Bonchev–Trinajstić information content (AvgIpc) is 3.80. The molecular formula is C34H36FN9O2. The van der Waals surface area contributed by atoms with Crippen LogP contribution in [0.3, 0.4) is 0 Å². The quantitative estimate of drug-likeness (QED) is 0.128. The van der Waals surface area contributed by atoms with Crippen molar-refractivity contribution < 1.29 is 14.2 Å². The van der Waals surface area contributed by atoms with E-state index in [1.165, 1.54) is 25.0 Å². The number of H-pyrrole nitrogens is 2. The van der Waals surface area contributed by atoms with Gasteiger partial charge in [-0.1, -0.05) is 13.8 Å².